The number of benzene rings is 1. The Bertz CT molecular complexity index is 1430. The van der Waals surface area contributed by atoms with Gasteiger partial charge in [-0.1, -0.05) is 12.1 Å². The Labute approximate surface area is 225 Å². The van der Waals surface area contributed by atoms with Crippen molar-refractivity contribution in [2.45, 2.75) is 57.0 Å². The number of nitrogens with two attached hydrogens (primary N) is 1. The molecule has 1 fully saturated rings. The third-order valence-corrected chi connectivity index (χ3v) is 6.85. The number of amides is 1. The summed E-state index contributed by atoms with van der Waals surface area (Å²) in [6, 6.07) is 13.7. The summed E-state index contributed by atoms with van der Waals surface area (Å²) >= 11 is 0. The van der Waals surface area contributed by atoms with Crippen LogP contribution in [0, 0.1) is 0 Å². The van der Waals surface area contributed by atoms with Crippen molar-refractivity contribution in [2.24, 2.45) is 5.73 Å². The summed E-state index contributed by atoms with van der Waals surface area (Å²) in [5, 5.41) is 23.4. The number of fused-ring (bicyclic) bond motifs is 1. The molecule has 202 valence electrons. The Hall–Kier alpha value is -4.51. The molecule has 0 unspecified atom stereocenters. The number of aliphatic carboxylic acids is 1. The van der Waals surface area contributed by atoms with E-state index in [9.17, 15) is 9.59 Å². The van der Waals surface area contributed by atoms with Crippen molar-refractivity contribution in [2.75, 3.05) is 16.0 Å². The number of hydrogen-bond acceptors (Lipinski definition) is 8. The zero-order valence-corrected chi connectivity index (χ0v) is 21.5. The third-order valence-electron chi connectivity index (χ3n) is 6.85. The molecular formula is C28H32N8O3. The second kappa shape index (κ2) is 11.9. The predicted molar refractivity (Wildman–Crippen MR) is 149 cm³/mol. The Kier molecular flexibility index (Phi) is 7.97. The number of hydrogen-bond donors (Lipinski definition) is 5. The number of anilines is 4. The first-order valence-electron chi connectivity index (χ1n) is 13.1. The van der Waals surface area contributed by atoms with Gasteiger partial charge in [0, 0.05) is 48.3 Å². The number of carboxylic acid groups (broad SMARTS) is 1. The molecule has 0 spiro atoms. The Morgan fingerprint density at radius 1 is 1.03 bits per heavy atom. The molecule has 1 amide bonds. The molecule has 11 nitrogen and oxygen atoms in total. The molecule has 1 aliphatic carbocycles. The van der Waals surface area contributed by atoms with Crippen LogP contribution in [0.3, 0.4) is 0 Å². The quantitative estimate of drug-likeness (QED) is 0.203. The lowest BCUT2D eigenvalue weighted by molar-refractivity contribution is -0.137. The number of carbonyl (C=O) groups is 2. The van der Waals surface area contributed by atoms with Gasteiger partial charge in [0.05, 0.1) is 11.9 Å². The Morgan fingerprint density at radius 3 is 2.49 bits per heavy atom. The van der Waals surface area contributed by atoms with E-state index in [1.807, 2.05) is 30.3 Å². The van der Waals surface area contributed by atoms with Crippen LogP contribution in [-0.2, 0) is 11.2 Å². The van der Waals surface area contributed by atoms with Crippen LogP contribution in [0.1, 0.15) is 54.6 Å². The lowest BCUT2D eigenvalue weighted by atomic mass is 9.92. The van der Waals surface area contributed by atoms with Crippen molar-refractivity contribution in [1.29, 1.82) is 0 Å². The summed E-state index contributed by atoms with van der Waals surface area (Å²) < 4.78 is 1.55. The highest BCUT2D eigenvalue weighted by Gasteiger charge is 2.21. The van der Waals surface area contributed by atoms with E-state index < -0.39 is 5.97 Å². The molecule has 1 saturated carbocycles. The number of rotatable bonds is 10. The minimum absolute atomic E-state index is 0.147. The predicted octanol–water partition coefficient (Wildman–Crippen LogP) is 4.21. The van der Waals surface area contributed by atoms with E-state index in [0.717, 1.165) is 36.9 Å². The second-order valence-corrected chi connectivity index (χ2v) is 9.84. The minimum Gasteiger partial charge on any atom is -0.481 e. The monoisotopic (exact) mass is 528 g/mol. The summed E-state index contributed by atoms with van der Waals surface area (Å²) in [5.74, 6) is -0.491. The van der Waals surface area contributed by atoms with E-state index in [4.69, 9.17) is 15.9 Å². The SMILES string of the molecule is N[C@H]1CC[C@H](Nc2cc(Nc3ccc(CCCC(=O)O)cc3)c3ncc(C(=O)Nc4ccncc4)n3n2)CC1. The fourth-order valence-corrected chi connectivity index (χ4v) is 4.74. The number of aryl methyl sites for hydroxylation is 1. The van der Waals surface area contributed by atoms with E-state index in [1.54, 1.807) is 29.0 Å². The number of carbonyl (C=O) groups excluding carboxylic acids is 1. The van der Waals surface area contributed by atoms with Crippen LogP contribution in [-0.4, -0.2) is 48.6 Å². The normalized spacial score (nSPS) is 17.1. The van der Waals surface area contributed by atoms with Gasteiger partial charge in [-0.25, -0.2) is 9.50 Å². The molecule has 1 aromatic carbocycles. The van der Waals surface area contributed by atoms with Gasteiger partial charge in [-0.2, -0.15) is 0 Å². The lowest BCUT2D eigenvalue weighted by Gasteiger charge is -2.27. The summed E-state index contributed by atoms with van der Waals surface area (Å²) in [6.07, 6.45) is 9.98. The van der Waals surface area contributed by atoms with Crippen LogP contribution in [0.5, 0.6) is 0 Å². The van der Waals surface area contributed by atoms with Crippen molar-refractivity contribution in [3.8, 4) is 0 Å². The van der Waals surface area contributed by atoms with Crippen molar-refractivity contribution >= 4 is 40.4 Å². The maximum absolute atomic E-state index is 13.1. The summed E-state index contributed by atoms with van der Waals surface area (Å²) in [7, 11) is 0. The number of aromatic nitrogens is 4. The first-order valence-corrected chi connectivity index (χ1v) is 13.1. The van der Waals surface area contributed by atoms with E-state index in [-0.39, 0.29) is 24.4 Å². The van der Waals surface area contributed by atoms with E-state index >= 15 is 0 Å². The van der Waals surface area contributed by atoms with Gasteiger partial charge in [0.25, 0.3) is 5.91 Å². The standard InChI is InChI=1S/C28H32N8O3/c29-19-6-10-21(11-7-19)33-25-16-23(32-20-8-4-18(5-9-20)2-1-3-26(37)38)27-31-17-24(36(27)35-25)28(39)34-22-12-14-30-15-13-22/h4-5,8-9,12-17,19,21,32H,1-3,6-7,10-11,29H2,(H,33,35)(H,37,38)(H,30,34,39)/t19-,21-. The van der Waals surface area contributed by atoms with Crippen LogP contribution in [0.4, 0.5) is 22.9 Å². The van der Waals surface area contributed by atoms with Gasteiger partial charge in [0.2, 0.25) is 0 Å². The zero-order valence-electron chi connectivity index (χ0n) is 21.5. The van der Waals surface area contributed by atoms with Crippen molar-refractivity contribution in [3.05, 3.63) is 72.3 Å². The van der Waals surface area contributed by atoms with Gasteiger partial charge in [-0.3, -0.25) is 14.6 Å². The molecule has 11 heteroatoms. The highest BCUT2D eigenvalue weighted by atomic mass is 16.4. The molecular weight excluding hydrogens is 496 g/mol. The topological polar surface area (TPSA) is 160 Å². The van der Waals surface area contributed by atoms with Gasteiger partial charge < -0.3 is 26.8 Å². The van der Waals surface area contributed by atoms with Gasteiger partial charge in [0.15, 0.2) is 11.3 Å². The summed E-state index contributed by atoms with van der Waals surface area (Å²) in [6.45, 7) is 0. The summed E-state index contributed by atoms with van der Waals surface area (Å²) in [5.41, 5.74) is 10.1. The number of carboxylic acids is 1. The zero-order chi connectivity index (χ0) is 27.2. The highest BCUT2D eigenvalue weighted by Crippen LogP contribution is 2.27. The third kappa shape index (κ3) is 6.68. The van der Waals surface area contributed by atoms with Gasteiger partial charge in [-0.15, -0.1) is 5.10 Å². The first-order chi connectivity index (χ1) is 18.9. The van der Waals surface area contributed by atoms with Crippen LogP contribution in [0.2, 0.25) is 0 Å². The smallest absolute Gasteiger partial charge is 0.303 e. The number of imidazole rings is 1. The number of nitrogens with one attached hydrogen (secondary N) is 3. The number of nitrogens with zero attached hydrogens (tertiary/aromatic N) is 4. The molecule has 39 heavy (non-hydrogen) atoms. The molecule has 0 bridgehead atoms. The molecule has 5 rings (SSSR count). The van der Waals surface area contributed by atoms with Crippen LogP contribution < -0.4 is 21.7 Å². The molecule has 0 saturated heterocycles. The first kappa shape index (κ1) is 26.1. The Balaban J connectivity index is 1.41. The van der Waals surface area contributed by atoms with E-state index in [2.05, 4.69) is 25.9 Å². The molecule has 4 aromatic rings. The van der Waals surface area contributed by atoms with E-state index in [1.165, 1.54) is 6.20 Å². The average molecular weight is 529 g/mol. The fraction of sp³-hybridized carbons (Fsp3) is 0.321. The van der Waals surface area contributed by atoms with Crippen molar-refractivity contribution in [1.82, 2.24) is 19.6 Å². The van der Waals surface area contributed by atoms with Crippen LogP contribution in [0.15, 0.2) is 61.1 Å². The minimum atomic E-state index is -0.788. The van der Waals surface area contributed by atoms with Gasteiger partial charge in [-0.05, 0) is 68.4 Å². The molecule has 1 aliphatic rings. The van der Waals surface area contributed by atoms with Gasteiger partial charge >= 0.3 is 5.97 Å². The average Bonchev–Trinajstić information content (AvgIpc) is 3.36. The maximum Gasteiger partial charge on any atom is 0.303 e. The molecule has 0 atom stereocenters. The van der Waals surface area contributed by atoms with E-state index in [0.29, 0.717) is 41.4 Å². The van der Waals surface area contributed by atoms with Crippen molar-refractivity contribution < 1.29 is 14.7 Å². The maximum atomic E-state index is 13.1. The molecule has 0 aliphatic heterocycles. The van der Waals surface area contributed by atoms with Crippen molar-refractivity contribution in [3.63, 3.8) is 0 Å². The van der Waals surface area contributed by atoms with Crippen LogP contribution >= 0.6 is 0 Å². The fourth-order valence-electron chi connectivity index (χ4n) is 4.74. The Morgan fingerprint density at radius 2 is 1.77 bits per heavy atom. The molecule has 6 N–H and O–H groups in total. The largest absolute Gasteiger partial charge is 0.481 e. The highest BCUT2D eigenvalue weighted by molar-refractivity contribution is 6.03. The van der Waals surface area contributed by atoms with Crippen LogP contribution in [0.25, 0.3) is 5.65 Å². The molecule has 0 radical (unpaired) electrons. The number of pyridine rings is 1. The summed E-state index contributed by atoms with van der Waals surface area (Å²) in [4.78, 5) is 32.4. The second-order valence-electron chi connectivity index (χ2n) is 9.84. The molecule has 3 aromatic heterocycles. The van der Waals surface area contributed by atoms with Gasteiger partial charge in [0.1, 0.15) is 5.82 Å². The lowest BCUT2D eigenvalue weighted by Crippen LogP contribution is -2.33. The molecule has 3 heterocycles.